The number of carbonyl (C=O) groups excluding carboxylic acids is 1. The molecule has 5 nitrogen and oxygen atoms in total. The number of hydrogen-bond donors (Lipinski definition) is 1. The van der Waals surface area contributed by atoms with Crippen LogP contribution in [0.1, 0.15) is 19.3 Å². The number of hydrogen-bond acceptors (Lipinski definition) is 4. The van der Waals surface area contributed by atoms with E-state index in [1.807, 2.05) is 0 Å². The number of halogens is 2. The first-order valence-corrected chi connectivity index (χ1v) is 10.3. The molecule has 0 radical (unpaired) electrons. The highest BCUT2D eigenvalue weighted by molar-refractivity contribution is 7.91. The van der Waals surface area contributed by atoms with Crippen LogP contribution in [0, 0.1) is 5.82 Å². The highest BCUT2D eigenvalue weighted by atomic mass is 35.5. The molecule has 0 aliphatic carbocycles. The molecule has 9 heteroatoms. The molecule has 0 saturated carbocycles. The Kier molecular flexibility index (Phi) is 5.43. The van der Waals surface area contributed by atoms with Gasteiger partial charge in [0.1, 0.15) is 16.1 Å². The van der Waals surface area contributed by atoms with Crippen LogP contribution >= 0.6 is 22.9 Å². The number of benzene rings is 1. The Morgan fingerprint density at radius 2 is 1.92 bits per heavy atom. The normalized spacial score (nSPS) is 18.9. The summed E-state index contributed by atoms with van der Waals surface area (Å²) in [5, 5.41) is 2.66. The molecule has 1 saturated heterocycles. The molecule has 1 N–H and O–H groups in total. The van der Waals surface area contributed by atoms with Gasteiger partial charge in [-0.2, -0.15) is 4.31 Å². The van der Waals surface area contributed by atoms with Gasteiger partial charge in [0.25, 0.3) is 10.0 Å². The first-order chi connectivity index (χ1) is 11.9. The summed E-state index contributed by atoms with van der Waals surface area (Å²) in [6.45, 7) is 0.277. The van der Waals surface area contributed by atoms with Crippen LogP contribution in [-0.4, -0.2) is 31.2 Å². The number of carbonyl (C=O) groups is 1. The molecule has 0 bridgehead atoms. The van der Waals surface area contributed by atoms with Crippen LogP contribution in [0.3, 0.4) is 0 Å². The average molecular weight is 403 g/mol. The molecule has 134 valence electrons. The molecule has 25 heavy (non-hydrogen) atoms. The van der Waals surface area contributed by atoms with Crippen molar-refractivity contribution in [1.29, 1.82) is 0 Å². The van der Waals surface area contributed by atoms with E-state index in [-0.39, 0.29) is 10.8 Å². The topological polar surface area (TPSA) is 66.5 Å². The Bertz CT molecular complexity index is 868. The molecule has 1 aliphatic heterocycles. The Morgan fingerprint density at radius 3 is 2.56 bits per heavy atom. The first-order valence-electron chi connectivity index (χ1n) is 7.71. The fourth-order valence-corrected chi connectivity index (χ4v) is 6.03. The van der Waals surface area contributed by atoms with E-state index >= 15 is 0 Å². The van der Waals surface area contributed by atoms with E-state index in [1.165, 1.54) is 40.7 Å². The Hall–Kier alpha value is -1.48. The number of rotatable bonds is 4. The predicted octanol–water partition coefficient (Wildman–Crippen LogP) is 3.72. The van der Waals surface area contributed by atoms with E-state index in [9.17, 15) is 17.6 Å². The minimum absolute atomic E-state index is 0.124. The average Bonchev–Trinajstić information content (AvgIpc) is 3.04. The highest BCUT2D eigenvalue weighted by Crippen LogP contribution is 2.32. The van der Waals surface area contributed by atoms with Crippen molar-refractivity contribution in [2.24, 2.45) is 0 Å². The van der Waals surface area contributed by atoms with E-state index < -0.39 is 27.8 Å². The standard InChI is InChI=1S/C16H16ClFN2O3S2/c17-14-8-9-15(24-14)25(22,23)20-10-2-1-3-13(20)16(21)19-12-6-4-11(18)5-7-12/h4-9,13H,1-3,10H2,(H,19,21). The SMILES string of the molecule is O=C(Nc1ccc(F)cc1)C1CCCCN1S(=O)(=O)c1ccc(Cl)s1. The minimum atomic E-state index is -3.79. The predicted molar refractivity (Wildman–Crippen MR) is 95.9 cm³/mol. The third kappa shape index (κ3) is 4.03. The molecular weight excluding hydrogens is 387 g/mol. The summed E-state index contributed by atoms with van der Waals surface area (Å²) in [4.78, 5) is 12.6. The summed E-state index contributed by atoms with van der Waals surface area (Å²) in [6, 6.07) is 7.52. The van der Waals surface area contributed by atoms with Crippen molar-refractivity contribution >= 4 is 44.6 Å². The van der Waals surface area contributed by atoms with Gasteiger partial charge in [-0.1, -0.05) is 18.0 Å². The molecule has 1 atom stereocenters. The van der Waals surface area contributed by atoms with Crippen molar-refractivity contribution in [3.05, 3.63) is 46.6 Å². The molecule has 1 amide bonds. The van der Waals surface area contributed by atoms with Crippen LogP contribution in [0.2, 0.25) is 4.34 Å². The second-order valence-electron chi connectivity index (χ2n) is 5.68. The fraction of sp³-hybridized carbons (Fsp3) is 0.312. The van der Waals surface area contributed by atoms with Gasteiger partial charge in [0, 0.05) is 12.2 Å². The van der Waals surface area contributed by atoms with E-state index in [4.69, 9.17) is 11.6 Å². The number of nitrogens with zero attached hydrogens (tertiary/aromatic N) is 1. The van der Waals surface area contributed by atoms with E-state index in [2.05, 4.69) is 5.32 Å². The van der Waals surface area contributed by atoms with Crippen LogP contribution in [0.5, 0.6) is 0 Å². The van der Waals surface area contributed by atoms with Gasteiger partial charge in [0.15, 0.2) is 0 Å². The van der Waals surface area contributed by atoms with Crippen molar-refractivity contribution in [1.82, 2.24) is 4.31 Å². The quantitative estimate of drug-likeness (QED) is 0.847. The lowest BCUT2D eigenvalue weighted by molar-refractivity contribution is -0.120. The Balaban J connectivity index is 1.83. The molecule has 1 aromatic heterocycles. The molecule has 1 aliphatic rings. The number of amides is 1. The van der Waals surface area contributed by atoms with Crippen molar-refractivity contribution < 1.29 is 17.6 Å². The summed E-state index contributed by atoms with van der Waals surface area (Å²) < 4.78 is 40.4. The van der Waals surface area contributed by atoms with Crippen molar-refractivity contribution in [3.8, 4) is 0 Å². The molecule has 0 spiro atoms. The second kappa shape index (κ2) is 7.41. The third-order valence-electron chi connectivity index (χ3n) is 3.98. The monoisotopic (exact) mass is 402 g/mol. The van der Waals surface area contributed by atoms with E-state index in [1.54, 1.807) is 0 Å². The maximum Gasteiger partial charge on any atom is 0.253 e. The van der Waals surface area contributed by atoms with Crippen LogP contribution in [0.4, 0.5) is 10.1 Å². The Labute approximate surface area is 154 Å². The Morgan fingerprint density at radius 1 is 1.20 bits per heavy atom. The van der Waals surface area contributed by atoms with Gasteiger partial charge >= 0.3 is 0 Å². The van der Waals surface area contributed by atoms with Gasteiger partial charge in [-0.05, 0) is 49.2 Å². The van der Waals surface area contributed by atoms with Crippen molar-refractivity contribution in [2.75, 3.05) is 11.9 Å². The zero-order valence-corrected chi connectivity index (χ0v) is 15.5. The van der Waals surface area contributed by atoms with Crippen molar-refractivity contribution in [3.63, 3.8) is 0 Å². The first kappa shape index (κ1) is 18.3. The number of sulfonamides is 1. The van der Waals surface area contributed by atoms with E-state index in [0.29, 0.717) is 22.9 Å². The molecule has 2 aromatic rings. The summed E-state index contributed by atoms with van der Waals surface area (Å²) in [5.74, 6) is -0.827. The highest BCUT2D eigenvalue weighted by Gasteiger charge is 2.38. The lowest BCUT2D eigenvalue weighted by Gasteiger charge is -2.33. The lowest BCUT2D eigenvalue weighted by atomic mass is 10.0. The van der Waals surface area contributed by atoms with E-state index in [0.717, 1.165) is 17.8 Å². The van der Waals surface area contributed by atoms with Crippen LogP contribution in [-0.2, 0) is 14.8 Å². The summed E-state index contributed by atoms with van der Waals surface area (Å²) in [7, 11) is -3.79. The molecule has 2 heterocycles. The van der Waals surface area contributed by atoms with Gasteiger partial charge in [0.2, 0.25) is 5.91 Å². The van der Waals surface area contributed by atoms with Crippen LogP contribution in [0.15, 0.2) is 40.6 Å². The van der Waals surface area contributed by atoms with Gasteiger partial charge < -0.3 is 5.32 Å². The van der Waals surface area contributed by atoms with Crippen LogP contribution < -0.4 is 5.32 Å². The smallest absolute Gasteiger partial charge is 0.253 e. The van der Waals surface area contributed by atoms with Crippen molar-refractivity contribution in [2.45, 2.75) is 29.5 Å². The number of anilines is 1. The molecule has 1 fully saturated rings. The molecule has 1 aromatic carbocycles. The lowest BCUT2D eigenvalue weighted by Crippen LogP contribution is -2.49. The molecular formula is C16H16ClFN2O3S2. The number of piperidine rings is 1. The second-order valence-corrected chi connectivity index (χ2v) is 9.51. The van der Waals surface area contributed by atoms with Crippen LogP contribution in [0.25, 0.3) is 0 Å². The zero-order valence-electron chi connectivity index (χ0n) is 13.1. The number of nitrogens with one attached hydrogen (secondary N) is 1. The van der Waals surface area contributed by atoms with Gasteiger partial charge in [-0.25, -0.2) is 12.8 Å². The fourth-order valence-electron chi connectivity index (χ4n) is 2.77. The number of thiophene rings is 1. The zero-order chi connectivity index (χ0) is 18.0. The maximum atomic E-state index is 13.0. The molecule has 3 rings (SSSR count). The maximum absolute atomic E-state index is 13.0. The van der Waals surface area contributed by atoms with Gasteiger partial charge in [-0.15, -0.1) is 11.3 Å². The van der Waals surface area contributed by atoms with Gasteiger partial charge in [-0.3, -0.25) is 4.79 Å². The van der Waals surface area contributed by atoms with Gasteiger partial charge in [0.05, 0.1) is 4.34 Å². The summed E-state index contributed by atoms with van der Waals surface area (Å²) >= 11 is 6.82. The largest absolute Gasteiger partial charge is 0.325 e. The third-order valence-corrected chi connectivity index (χ3v) is 7.59. The minimum Gasteiger partial charge on any atom is -0.325 e. The molecule has 1 unspecified atom stereocenters. The summed E-state index contributed by atoms with van der Waals surface area (Å²) in [6.07, 6.45) is 1.89. The summed E-state index contributed by atoms with van der Waals surface area (Å²) in [5.41, 5.74) is 0.425.